The lowest BCUT2D eigenvalue weighted by Gasteiger charge is -2.19. The van der Waals surface area contributed by atoms with Crippen LogP contribution in [0.1, 0.15) is 48.0 Å². The topological polar surface area (TPSA) is 61.8 Å². The van der Waals surface area contributed by atoms with E-state index in [1.165, 1.54) is 6.42 Å². The highest BCUT2D eigenvalue weighted by Crippen LogP contribution is 2.35. The van der Waals surface area contributed by atoms with Gasteiger partial charge in [0.15, 0.2) is 5.76 Å². The second-order valence-electron chi connectivity index (χ2n) is 7.13. The Labute approximate surface area is 163 Å². The lowest BCUT2D eigenvalue weighted by atomic mass is 9.89. The molecule has 2 aromatic carbocycles. The Bertz CT molecular complexity index is 938. The SMILES string of the molecule is COc1cccc(/C=C2\Oc3cc(OC(=O)C4CCCCC4)ccc3C2=O)c1. The molecule has 5 heteroatoms. The van der Waals surface area contributed by atoms with Gasteiger partial charge in [-0.3, -0.25) is 9.59 Å². The van der Waals surface area contributed by atoms with Crippen molar-refractivity contribution in [2.24, 2.45) is 5.92 Å². The van der Waals surface area contributed by atoms with Gasteiger partial charge in [-0.1, -0.05) is 31.4 Å². The Morgan fingerprint density at radius 1 is 1.07 bits per heavy atom. The van der Waals surface area contributed by atoms with Crippen LogP contribution in [0.2, 0.25) is 0 Å². The Hall–Kier alpha value is -3.08. The number of carbonyl (C=O) groups is 2. The Balaban J connectivity index is 1.51. The maximum atomic E-state index is 12.6. The molecule has 0 unspecified atom stereocenters. The van der Waals surface area contributed by atoms with E-state index < -0.39 is 0 Å². The number of benzene rings is 2. The summed E-state index contributed by atoms with van der Waals surface area (Å²) in [6, 6.07) is 12.3. The third-order valence-corrected chi connectivity index (χ3v) is 5.19. The molecule has 0 atom stereocenters. The van der Waals surface area contributed by atoms with Crippen LogP contribution in [0.3, 0.4) is 0 Å². The van der Waals surface area contributed by atoms with Gasteiger partial charge in [0, 0.05) is 6.07 Å². The van der Waals surface area contributed by atoms with Crippen LogP contribution < -0.4 is 14.2 Å². The number of methoxy groups -OCH3 is 1. The first-order valence-electron chi connectivity index (χ1n) is 9.58. The van der Waals surface area contributed by atoms with Crippen LogP contribution in [-0.4, -0.2) is 18.9 Å². The summed E-state index contributed by atoms with van der Waals surface area (Å²) in [6.45, 7) is 0. The minimum Gasteiger partial charge on any atom is -0.497 e. The van der Waals surface area contributed by atoms with Crippen LogP contribution in [0.15, 0.2) is 48.2 Å². The maximum absolute atomic E-state index is 12.6. The summed E-state index contributed by atoms with van der Waals surface area (Å²) in [6.07, 6.45) is 6.76. The van der Waals surface area contributed by atoms with Gasteiger partial charge in [0.2, 0.25) is 5.78 Å². The maximum Gasteiger partial charge on any atom is 0.314 e. The van der Waals surface area contributed by atoms with Crippen molar-refractivity contribution in [2.75, 3.05) is 7.11 Å². The molecule has 1 aliphatic carbocycles. The van der Waals surface area contributed by atoms with E-state index in [1.807, 2.05) is 24.3 Å². The zero-order valence-electron chi connectivity index (χ0n) is 15.8. The molecule has 144 valence electrons. The van der Waals surface area contributed by atoms with Gasteiger partial charge in [-0.2, -0.15) is 0 Å². The summed E-state index contributed by atoms with van der Waals surface area (Å²) in [4.78, 5) is 24.9. The third kappa shape index (κ3) is 3.79. The number of fused-ring (bicyclic) bond motifs is 1. The fourth-order valence-corrected chi connectivity index (χ4v) is 3.65. The van der Waals surface area contributed by atoms with Crippen molar-refractivity contribution in [2.45, 2.75) is 32.1 Å². The van der Waals surface area contributed by atoms with Crippen molar-refractivity contribution >= 4 is 17.8 Å². The van der Waals surface area contributed by atoms with Crippen LogP contribution in [0.5, 0.6) is 17.2 Å². The summed E-state index contributed by atoms with van der Waals surface area (Å²) < 4.78 is 16.5. The summed E-state index contributed by atoms with van der Waals surface area (Å²) in [5.74, 6) is 1.33. The molecule has 28 heavy (non-hydrogen) atoms. The highest BCUT2D eigenvalue weighted by atomic mass is 16.5. The van der Waals surface area contributed by atoms with Crippen molar-refractivity contribution in [3.63, 3.8) is 0 Å². The first kappa shape index (κ1) is 18.3. The molecule has 1 fully saturated rings. The standard InChI is InChI=1S/C23H22O5/c1-26-17-9-5-6-15(12-17)13-21-22(24)19-11-10-18(14-20(19)28-21)27-23(25)16-7-3-2-4-8-16/h5-6,9-14,16H,2-4,7-8H2,1H3/b21-13-. The average molecular weight is 378 g/mol. The van der Waals surface area contributed by atoms with Gasteiger partial charge in [0.1, 0.15) is 17.2 Å². The minimum atomic E-state index is -0.198. The lowest BCUT2D eigenvalue weighted by Crippen LogP contribution is -2.22. The van der Waals surface area contributed by atoms with Crippen molar-refractivity contribution in [3.05, 3.63) is 59.4 Å². The van der Waals surface area contributed by atoms with E-state index in [0.29, 0.717) is 22.8 Å². The first-order chi connectivity index (χ1) is 13.6. The second kappa shape index (κ2) is 7.89. The Morgan fingerprint density at radius 2 is 1.89 bits per heavy atom. The summed E-state index contributed by atoms with van der Waals surface area (Å²) in [7, 11) is 1.59. The molecule has 0 spiro atoms. The summed E-state index contributed by atoms with van der Waals surface area (Å²) in [5, 5.41) is 0. The van der Waals surface area contributed by atoms with E-state index >= 15 is 0 Å². The van der Waals surface area contributed by atoms with Crippen molar-refractivity contribution in [3.8, 4) is 17.2 Å². The summed E-state index contributed by atoms with van der Waals surface area (Å²) in [5.41, 5.74) is 1.27. The lowest BCUT2D eigenvalue weighted by molar-refractivity contribution is -0.139. The predicted octanol–water partition coefficient (Wildman–Crippen LogP) is 4.80. The Kier molecular flexibility index (Phi) is 5.15. The van der Waals surface area contributed by atoms with E-state index in [1.54, 1.807) is 31.4 Å². The molecule has 0 N–H and O–H groups in total. The number of allylic oxidation sites excluding steroid dienone is 1. The van der Waals surface area contributed by atoms with Crippen LogP contribution in [-0.2, 0) is 4.79 Å². The predicted molar refractivity (Wildman–Crippen MR) is 105 cm³/mol. The molecular weight excluding hydrogens is 356 g/mol. The quantitative estimate of drug-likeness (QED) is 0.435. The molecule has 4 rings (SSSR count). The largest absolute Gasteiger partial charge is 0.497 e. The summed E-state index contributed by atoms with van der Waals surface area (Å²) >= 11 is 0. The van der Waals surface area contributed by atoms with Crippen molar-refractivity contribution in [1.29, 1.82) is 0 Å². The molecule has 2 aliphatic rings. The smallest absolute Gasteiger partial charge is 0.314 e. The molecular formula is C23H22O5. The number of hydrogen-bond acceptors (Lipinski definition) is 5. The van der Waals surface area contributed by atoms with Gasteiger partial charge in [0.25, 0.3) is 0 Å². The van der Waals surface area contributed by atoms with Crippen LogP contribution >= 0.6 is 0 Å². The number of Topliss-reactive ketones (excluding diaryl/α,β-unsaturated/α-hetero) is 1. The molecule has 0 saturated heterocycles. The van der Waals surface area contributed by atoms with Gasteiger partial charge >= 0.3 is 5.97 Å². The zero-order chi connectivity index (χ0) is 19.5. The minimum absolute atomic E-state index is 0.0342. The monoisotopic (exact) mass is 378 g/mol. The molecule has 0 radical (unpaired) electrons. The first-order valence-corrected chi connectivity index (χ1v) is 9.58. The van der Waals surface area contributed by atoms with Gasteiger partial charge in [-0.15, -0.1) is 0 Å². The fraction of sp³-hybridized carbons (Fsp3) is 0.304. The fourth-order valence-electron chi connectivity index (χ4n) is 3.65. The number of ketones is 1. The van der Waals surface area contributed by atoms with E-state index in [-0.39, 0.29) is 23.4 Å². The number of esters is 1. The average Bonchev–Trinajstić information content (AvgIpc) is 3.03. The van der Waals surface area contributed by atoms with Crippen molar-refractivity contribution in [1.82, 2.24) is 0 Å². The van der Waals surface area contributed by atoms with E-state index in [0.717, 1.165) is 31.2 Å². The van der Waals surface area contributed by atoms with Crippen molar-refractivity contribution < 1.29 is 23.8 Å². The number of hydrogen-bond donors (Lipinski definition) is 0. The molecule has 1 saturated carbocycles. The van der Waals surface area contributed by atoms with E-state index in [9.17, 15) is 9.59 Å². The molecule has 0 bridgehead atoms. The van der Waals surface area contributed by atoms with E-state index in [2.05, 4.69) is 0 Å². The normalized spacial score (nSPS) is 17.9. The van der Waals surface area contributed by atoms with Gasteiger partial charge in [0.05, 0.1) is 18.6 Å². The zero-order valence-corrected chi connectivity index (χ0v) is 15.8. The molecule has 1 heterocycles. The molecule has 2 aromatic rings. The van der Waals surface area contributed by atoms with Gasteiger partial charge < -0.3 is 14.2 Å². The molecule has 0 amide bonds. The number of ether oxygens (including phenoxy) is 3. The highest BCUT2D eigenvalue weighted by Gasteiger charge is 2.29. The van der Waals surface area contributed by atoms with E-state index in [4.69, 9.17) is 14.2 Å². The third-order valence-electron chi connectivity index (χ3n) is 5.19. The second-order valence-corrected chi connectivity index (χ2v) is 7.13. The molecule has 5 nitrogen and oxygen atoms in total. The molecule has 0 aromatic heterocycles. The van der Waals surface area contributed by atoms with Crippen LogP contribution in [0.4, 0.5) is 0 Å². The highest BCUT2D eigenvalue weighted by molar-refractivity contribution is 6.14. The van der Waals surface area contributed by atoms with Gasteiger partial charge in [-0.05, 0) is 48.7 Å². The number of carbonyl (C=O) groups excluding carboxylic acids is 2. The van der Waals surface area contributed by atoms with Crippen LogP contribution in [0.25, 0.3) is 6.08 Å². The Morgan fingerprint density at radius 3 is 2.68 bits per heavy atom. The van der Waals surface area contributed by atoms with Gasteiger partial charge in [-0.25, -0.2) is 0 Å². The number of rotatable bonds is 4. The van der Waals surface area contributed by atoms with Crippen LogP contribution in [0, 0.1) is 5.92 Å². The molecule has 1 aliphatic heterocycles.